The van der Waals surface area contributed by atoms with Gasteiger partial charge in [0.1, 0.15) is 0 Å². The number of carbonyl (C=O) groups is 3. The molecule has 1 saturated carbocycles. The van der Waals surface area contributed by atoms with Crippen molar-refractivity contribution in [2.24, 2.45) is 10.8 Å². The van der Waals surface area contributed by atoms with Gasteiger partial charge in [-0.2, -0.15) is 0 Å². The molecule has 1 aliphatic rings. The maximum Gasteiger partial charge on any atom is 0.324 e. The van der Waals surface area contributed by atoms with E-state index in [0.29, 0.717) is 11.1 Å². The zero-order valence-electron chi connectivity index (χ0n) is 17.1. The Hall–Kier alpha value is -3.07. The zero-order chi connectivity index (χ0) is 23.0. The minimum Gasteiger partial charge on any atom is -0.468 e. The predicted molar refractivity (Wildman–Crippen MR) is 113 cm³/mol. The Labute approximate surface area is 186 Å². The number of nitrogens with zero attached hydrogens (tertiary/aromatic N) is 1. The van der Waals surface area contributed by atoms with E-state index >= 15 is 0 Å². The monoisotopic (exact) mass is 489 g/mol. The van der Waals surface area contributed by atoms with Crippen molar-refractivity contribution in [2.75, 3.05) is 14.2 Å². The van der Waals surface area contributed by atoms with Crippen molar-refractivity contribution in [3.8, 4) is 0 Å². The fraction of sp³-hybridized carbons (Fsp3) is 0.318. The molecule has 0 aromatic heterocycles. The Kier molecular flexibility index (Phi) is 6.00. The van der Waals surface area contributed by atoms with Gasteiger partial charge in [-0.15, -0.1) is 0 Å². The largest absolute Gasteiger partial charge is 0.468 e. The van der Waals surface area contributed by atoms with Gasteiger partial charge in [0.15, 0.2) is 11.2 Å². The normalized spacial score (nSPS) is 21.1. The summed E-state index contributed by atoms with van der Waals surface area (Å²) in [6.07, 6.45) is 0.147. The number of non-ortho nitro benzene ring substituents is 1. The number of esters is 2. The van der Waals surface area contributed by atoms with Gasteiger partial charge >= 0.3 is 11.9 Å². The van der Waals surface area contributed by atoms with Gasteiger partial charge in [0.2, 0.25) is 0 Å². The molecule has 3 rings (SSSR count). The molecule has 0 unspecified atom stereocenters. The topological polar surface area (TPSA) is 113 Å². The number of rotatable bonds is 7. The minimum atomic E-state index is -1.90. The number of halogens is 1. The van der Waals surface area contributed by atoms with E-state index in [-0.39, 0.29) is 12.1 Å². The molecule has 2 aromatic rings. The van der Waals surface area contributed by atoms with Crippen LogP contribution in [0.2, 0.25) is 0 Å². The second kappa shape index (κ2) is 8.22. The van der Waals surface area contributed by atoms with E-state index < -0.39 is 39.4 Å². The van der Waals surface area contributed by atoms with Crippen LogP contribution in [-0.2, 0) is 19.1 Å². The first kappa shape index (κ1) is 22.6. The Morgan fingerprint density at radius 1 is 1.00 bits per heavy atom. The second-order valence-electron chi connectivity index (χ2n) is 7.23. The summed E-state index contributed by atoms with van der Waals surface area (Å²) in [5.74, 6) is -3.06. The number of ether oxygens (including phenoxy) is 2. The molecular weight excluding hydrogens is 470 g/mol. The van der Waals surface area contributed by atoms with Gasteiger partial charge < -0.3 is 9.47 Å². The summed E-state index contributed by atoms with van der Waals surface area (Å²) < 4.78 is 10.7. The van der Waals surface area contributed by atoms with Crippen molar-refractivity contribution in [1.82, 2.24) is 0 Å². The highest BCUT2D eigenvalue weighted by molar-refractivity contribution is 9.10. The Bertz CT molecular complexity index is 1030. The summed E-state index contributed by atoms with van der Waals surface area (Å²) in [6.45, 7) is 1.71. The van der Waals surface area contributed by atoms with E-state index in [4.69, 9.17) is 9.47 Å². The average Bonchev–Trinajstić information content (AvgIpc) is 3.43. The van der Waals surface area contributed by atoms with Gasteiger partial charge in [0.05, 0.1) is 24.6 Å². The average molecular weight is 490 g/mol. The molecule has 8 nitrogen and oxygen atoms in total. The predicted octanol–water partition coefficient (Wildman–Crippen LogP) is 4.07. The van der Waals surface area contributed by atoms with Gasteiger partial charge in [-0.3, -0.25) is 24.5 Å². The smallest absolute Gasteiger partial charge is 0.324 e. The summed E-state index contributed by atoms with van der Waals surface area (Å²) in [5, 5.41) is 11.0. The lowest BCUT2D eigenvalue weighted by Crippen LogP contribution is -2.37. The molecular formula is C22H20BrNO7. The fourth-order valence-corrected chi connectivity index (χ4v) is 4.94. The first-order valence-electron chi connectivity index (χ1n) is 9.43. The number of nitro benzene ring substituents is 1. The van der Waals surface area contributed by atoms with E-state index in [1.807, 2.05) is 0 Å². The third kappa shape index (κ3) is 3.15. The zero-order valence-corrected chi connectivity index (χ0v) is 18.7. The van der Waals surface area contributed by atoms with Crippen LogP contribution in [0.1, 0.15) is 35.2 Å². The second-order valence-corrected chi connectivity index (χ2v) is 8.15. The van der Waals surface area contributed by atoms with Crippen LogP contribution < -0.4 is 0 Å². The highest BCUT2D eigenvalue weighted by Gasteiger charge is 2.88. The molecule has 0 amide bonds. The quantitative estimate of drug-likeness (QED) is 0.189. The molecule has 9 heteroatoms. The lowest BCUT2D eigenvalue weighted by molar-refractivity contribution is -0.384. The van der Waals surface area contributed by atoms with E-state index in [1.54, 1.807) is 31.2 Å². The van der Waals surface area contributed by atoms with Crippen LogP contribution in [0.25, 0.3) is 0 Å². The van der Waals surface area contributed by atoms with E-state index in [2.05, 4.69) is 15.9 Å². The molecule has 0 bridgehead atoms. The van der Waals surface area contributed by atoms with E-state index in [9.17, 15) is 24.5 Å². The van der Waals surface area contributed by atoms with Crippen LogP contribution in [0, 0.1) is 20.9 Å². The molecule has 31 heavy (non-hydrogen) atoms. The molecule has 1 aliphatic carbocycles. The van der Waals surface area contributed by atoms with Gasteiger partial charge in [-0.05, 0) is 24.1 Å². The van der Waals surface area contributed by atoms with Gasteiger partial charge in [-0.1, -0.05) is 47.1 Å². The highest BCUT2D eigenvalue weighted by Crippen LogP contribution is 2.77. The summed E-state index contributed by atoms with van der Waals surface area (Å²) >= 11 is 3.32. The van der Waals surface area contributed by atoms with Crippen LogP contribution in [0.4, 0.5) is 5.69 Å². The molecule has 0 radical (unpaired) electrons. The molecule has 0 aliphatic heterocycles. The molecule has 0 saturated heterocycles. The number of nitro groups is 1. The van der Waals surface area contributed by atoms with Crippen molar-refractivity contribution < 1.29 is 28.8 Å². The summed E-state index contributed by atoms with van der Waals surface area (Å²) in [6, 6.07) is 12.1. The number of Topliss-reactive ketones (excluding diaryl/α,β-unsaturated/α-hetero) is 1. The third-order valence-corrected chi connectivity index (χ3v) is 6.60. The van der Waals surface area contributed by atoms with Crippen molar-refractivity contribution in [3.63, 3.8) is 0 Å². The van der Waals surface area contributed by atoms with Crippen molar-refractivity contribution in [1.29, 1.82) is 0 Å². The number of carbonyl (C=O) groups excluding carboxylic acids is 3. The SMILES string of the molecule is CC[C@@]1(C(=O)c2ccc(Br)cc2)[C@H](c2ccc([N+](=O)[O-])cc2)C1(C(=O)OC)C(=O)OC. The van der Waals surface area contributed by atoms with E-state index in [0.717, 1.165) is 18.7 Å². The van der Waals surface area contributed by atoms with Crippen LogP contribution in [0.5, 0.6) is 0 Å². The van der Waals surface area contributed by atoms with Crippen molar-refractivity contribution in [3.05, 3.63) is 74.2 Å². The standard InChI is InChI=1S/C22H20BrNO7/c1-4-21(18(25)14-5-9-15(23)10-6-14)17(13-7-11-16(12-8-13)24(28)29)22(21,19(26)30-2)20(27)31-3/h5-12,17H,4H2,1-3H3/t17-,21-/m0/s1. The van der Waals surface area contributed by atoms with Crippen LogP contribution in [0.15, 0.2) is 53.0 Å². The number of ketones is 1. The third-order valence-electron chi connectivity index (χ3n) is 6.07. The first-order chi connectivity index (χ1) is 14.7. The minimum absolute atomic E-state index is 0.146. The van der Waals surface area contributed by atoms with Gasteiger partial charge in [-0.25, -0.2) is 0 Å². The molecule has 0 heterocycles. The molecule has 162 valence electrons. The van der Waals surface area contributed by atoms with E-state index in [1.165, 1.54) is 24.3 Å². The molecule has 2 aromatic carbocycles. The lowest BCUT2D eigenvalue weighted by Gasteiger charge is -2.20. The summed E-state index contributed by atoms with van der Waals surface area (Å²) in [4.78, 5) is 50.3. The Morgan fingerprint density at radius 2 is 1.52 bits per heavy atom. The maximum atomic E-state index is 13.7. The number of benzene rings is 2. The summed E-state index contributed by atoms with van der Waals surface area (Å²) in [7, 11) is 2.28. The number of hydrogen-bond acceptors (Lipinski definition) is 7. The Balaban J connectivity index is 2.24. The fourth-order valence-electron chi connectivity index (χ4n) is 4.68. The van der Waals surface area contributed by atoms with Crippen LogP contribution in [0.3, 0.4) is 0 Å². The first-order valence-corrected chi connectivity index (χ1v) is 10.2. The Morgan fingerprint density at radius 3 is 1.94 bits per heavy atom. The van der Waals surface area contributed by atoms with Crippen molar-refractivity contribution >= 4 is 39.3 Å². The van der Waals surface area contributed by atoms with Gasteiger partial charge in [0, 0.05) is 28.1 Å². The lowest BCUT2D eigenvalue weighted by atomic mass is 9.83. The highest BCUT2D eigenvalue weighted by atomic mass is 79.9. The van der Waals surface area contributed by atoms with Gasteiger partial charge in [0.25, 0.3) is 5.69 Å². The number of methoxy groups -OCH3 is 2. The maximum absolute atomic E-state index is 13.7. The number of hydrogen-bond donors (Lipinski definition) is 0. The van der Waals surface area contributed by atoms with Crippen LogP contribution in [-0.4, -0.2) is 36.9 Å². The van der Waals surface area contributed by atoms with Crippen LogP contribution >= 0.6 is 15.9 Å². The summed E-state index contributed by atoms with van der Waals surface area (Å²) in [5.41, 5.74) is -2.74. The molecule has 0 spiro atoms. The molecule has 1 fully saturated rings. The van der Waals surface area contributed by atoms with Crippen molar-refractivity contribution in [2.45, 2.75) is 19.3 Å². The molecule has 0 N–H and O–H groups in total. The molecule has 2 atom stereocenters.